The van der Waals surface area contributed by atoms with Gasteiger partial charge in [-0.1, -0.05) is 6.07 Å². The summed E-state index contributed by atoms with van der Waals surface area (Å²) in [5.41, 5.74) is 1.45. The minimum Gasteiger partial charge on any atom is -0.494 e. The number of aromatic nitrogens is 4. The number of rotatable bonds is 4. The maximum absolute atomic E-state index is 5.89. The zero-order valence-electron chi connectivity index (χ0n) is 10.7. The molecule has 0 radical (unpaired) electrons. The third kappa shape index (κ3) is 2.50. The quantitative estimate of drug-likeness (QED) is 0.722. The van der Waals surface area contributed by atoms with E-state index in [4.69, 9.17) is 16.3 Å². The lowest BCUT2D eigenvalue weighted by Gasteiger charge is -2.09. The fourth-order valence-electron chi connectivity index (χ4n) is 1.87. The van der Waals surface area contributed by atoms with Crippen LogP contribution < -0.4 is 10.1 Å². The highest BCUT2D eigenvalue weighted by Gasteiger charge is 2.09. The van der Waals surface area contributed by atoms with E-state index >= 15 is 0 Å². The molecule has 102 valence electrons. The number of ether oxygens (including phenoxy) is 1. The molecule has 7 heteroatoms. The van der Waals surface area contributed by atoms with Gasteiger partial charge in [0, 0.05) is 11.8 Å². The molecule has 0 fully saturated rings. The summed E-state index contributed by atoms with van der Waals surface area (Å²) in [6, 6.07) is 7.62. The van der Waals surface area contributed by atoms with Crippen molar-refractivity contribution in [1.29, 1.82) is 0 Å². The van der Waals surface area contributed by atoms with Crippen molar-refractivity contribution in [2.45, 2.75) is 6.92 Å². The molecule has 0 spiro atoms. The summed E-state index contributed by atoms with van der Waals surface area (Å²) in [7, 11) is 0. The standard InChI is InChI=1S/C13H12ClN5O/c1-2-20-9-5-3-4-8(6-9)16-11-10-7-15-19-12(10)18-13(14)17-11/h3-7H,2H2,1H3,(H2,15,16,17,18,19). The predicted octanol–water partition coefficient (Wildman–Crippen LogP) is 3.15. The number of H-pyrrole nitrogens is 1. The molecule has 2 aromatic heterocycles. The molecule has 0 bridgehead atoms. The molecule has 0 aliphatic heterocycles. The minimum absolute atomic E-state index is 0.158. The smallest absolute Gasteiger partial charge is 0.226 e. The van der Waals surface area contributed by atoms with Crippen LogP contribution in [0.2, 0.25) is 5.28 Å². The van der Waals surface area contributed by atoms with Gasteiger partial charge in [-0.15, -0.1) is 0 Å². The van der Waals surface area contributed by atoms with E-state index in [0.717, 1.165) is 16.8 Å². The van der Waals surface area contributed by atoms with Crippen molar-refractivity contribution in [1.82, 2.24) is 20.2 Å². The molecule has 0 atom stereocenters. The minimum atomic E-state index is 0.158. The first kappa shape index (κ1) is 12.7. The van der Waals surface area contributed by atoms with E-state index in [1.807, 2.05) is 31.2 Å². The molecule has 0 unspecified atom stereocenters. The van der Waals surface area contributed by atoms with Crippen molar-refractivity contribution in [2.24, 2.45) is 0 Å². The summed E-state index contributed by atoms with van der Waals surface area (Å²) in [4.78, 5) is 8.24. The molecular formula is C13H12ClN5O. The second-order valence-electron chi connectivity index (χ2n) is 4.06. The van der Waals surface area contributed by atoms with Crippen LogP contribution in [0.3, 0.4) is 0 Å². The Labute approximate surface area is 120 Å². The van der Waals surface area contributed by atoms with Gasteiger partial charge in [-0.25, -0.2) is 0 Å². The van der Waals surface area contributed by atoms with Gasteiger partial charge >= 0.3 is 0 Å². The van der Waals surface area contributed by atoms with Crippen LogP contribution in [-0.4, -0.2) is 26.8 Å². The first-order chi connectivity index (χ1) is 9.76. The number of nitrogens with one attached hydrogen (secondary N) is 2. The third-order valence-electron chi connectivity index (χ3n) is 2.69. The number of anilines is 2. The van der Waals surface area contributed by atoms with Gasteiger partial charge in [0.1, 0.15) is 11.6 Å². The van der Waals surface area contributed by atoms with Crippen LogP contribution in [0.5, 0.6) is 5.75 Å². The van der Waals surface area contributed by atoms with Crippen molar-refractivity contribution < 1.29 is 4.74 Å². The number of benzene rings is 1. The van der Waals surface area contributed by atoms with Crippen molar-refractivity contribution in [3.8, 4) is 5.75 Å². The van der Waals surface area contributed by atoms with Gasteiger partial charge in [0.15, 0.2) is 5.65 Å². The SMILES string of the molecule is CCOc1cccc(Nc2nc(Cl)nc3[nH]ncc23)c1. The molecular weight excluding hydrogens is 278 g/mol. The summed E-state index contributed by atoms with van der Waals surface area (Å²) in [6.07, 6.45) is 1.65. The maximum atomic E-state index is 5.89. The first-order valence-corrected chi connectivity index (χ1v) is 6.50. The first-order valence-electron chi connectivity index (χ1n) is 6.13. The van der Waals surface area contributed by atoms with Crippen molar-refractivity contribution >= 4 is 34.1 Å². The fraction of sp³-hybridized carbons (Fsp3) is 0.154. The number of halogens is 1. The lowest BCUT2D eigenvalue weighted by atomic mass is 10.3. The number of nitrogens with zero attached hydrogens (tertiary/aromatic N) is 3. The molecule has 2 heterocycles. The van der Waals surface area contributed by atoms with Gasteiger partial charge in [0.25, 0.3) is 0 Å². The van der Waals surface area contributed by atoms with Crippen molar-refractivity contribution in [2.75, 3.05) is 11.9 Å². The van der Waals surface area contributed by atoms with Gasteiger partial charge in [-0.05, 0) is 30.7 Å². The number of fused-ring (bicyclic) bond motifs is 1. The summed E-state index contributed by atoms with van der Waals surface area (Å²) in [5.74, 6) is 1.39. The van der Waals surface area contributed by atoms with Crippen molar-refractivity contribution in [3.05, 3.63) is 35.7 Å². The fourth-order valence-corrected chi connectivity index (χ4v) is 2.04. The lowest BCUT2D eigenvalue weighted by molar-refractivity contribution is 0.340. The Morgan fingerprint density at radius 2 is 2.25 bits per heavy atom. The predicted molar refractivity (Wildman–Crippen MR) is 77.6 cm³/mol. The Morgan fingerprint density at radius 3 is 3.10 bits per heavy atom. The van der Waals surface area contributed by atoms with Gasteiger partial charge in [-0.3, -0.25) is 5.10 Å². The number of hydrogen-bond donors (Lipinski definition) is 2. The van der Waals surface area contributed by atoms with Crippen LogP contribution in [0.1, 0.15) is 6.92 Å². The van der Waals surface area contributed by atoms with Crippen LogP contribution in [0.25, 0.3) is 11.0 Å². The molecule has 0 saturated carbocycles. The average Bonchev–Trinajstić information content (AvgIpc) is 2.87. The second kappa shape index (κ2) is 5.34. The van der Waals surface area contributed by atoms with E-state index in [-0.39, 0.29) is 5.28 Å². The third-order valence-corrected chi connectivity index (χ3v) is 2.86. The van der Waals surface area contributed by atoms with E-state index < -0.39 is 0 Å². The molecule has 1 aromatic carbocycles. The Hall–Kier alpha value is -2.34. The zero-order chi connectivity index (χ0) is 13.9. The zero-order valence-corrected chi connectivity index (χ0v) is 11.5. The van der Waals surface area contributed by atoms with Gasteiger partial charge < -0.3 is 10.1 Å². The second-order valence-corrected chi connectivity index (χ2v) is 4.40. The van der Waals surface area contributed by atoms with E-state index in [2.05, 4.69) is 25.5 Å². The van der Waals surface area contributed by atoms with Crippen LogP contribution in [0.15, 0.2) is 30.5 Å². The molecule has 3 rings (SSSR count). The van der Waals surface area contributed by atoms with Gasteiger partial charge in [0.05, 0.1) is 18.2 Å². The molecule has 0 saturated heterocycles. The normalized spacial score (nSPS) is 10.7. The summed E-state index contributed by atoms with van der Waals surface area (Å²) < 4.78 is 5.46. The molecule has 6 nitrogen and oxygen atoms in total. The molecule has 20 heavy (non-hydrogen) atoms. The summed E-state index contributed by atoms with van der Waals surface area (Å²) in [5, 5.41) is 10.8. The average molecular weight is 290 g/mol. The van der Waals surface area contributed by atoms with Crippen LogP contribution in [-0.2, 0) is 0 Å². The molecule has 0 amide bonds. The van der Waals surface area contributed by atoms with E-state index in [1.165, 1.54) is 0 Å². The topological polar surface area (TPSA) is 75.7 Å². The van der Waals surface area contributed by atoms with E-state index in [9.17, 15) is 0 Å². The highest BCUT2D eigenvalue weighted by molar-refractivity contribution is 6.28. The van der Waals surface area contributed by atoms with Crippen LogP contribution >= 0.6 is 11.6 Å². The lowest BCUT2D eigenvalue weighted by Crippen LogP contribution is -1.97. The van der Waals surface area contributed by atoms with Gasteiger partial charge in [-0.2, -0.15) is 15.1 Å². The molecule has 2 N–H and O–H groups in total. The maximum Gasteiger partial charge on any atom is 0.226 e. The highest BCUT2D eigenvalue weighted by Crippen LogP contribution is 2.25. The molecule has 0 aliphatic rings. The Morgan fingerprint density at radius 1 is 1.35 bits per heavy atom. The van der Waals surface area contributed by atoms with E-state index in [1.54, 1.807) is 6.20 Å². The molecule has 0 aliphatic carbocycles. The number of aromatic amines is 1. The summed E-state index contributed by atoms with van der Waals surface area (Å²) >= 11 is 5.89. The highest BCUT2D eigenvalue weighted by atomic mass is 35.5. The largest absolute Gasteiger partial charge is 0.494 e. The Kier molecular flexibility index (Phi) is 3.39. The van der Waals surface area contributed by atoms with Gasteiger partial charge in [0.2, 0.25) is 5.28 Å². The van der Waals surface area contributed by atoms with Crippen molar-refractivity contribution in [3.63, 3.8) is 0 Å². The Balaban J connectivity index is 1.96. The number of hydrogen-bond acceptors (Lipinski definition) is 5. The van der Waals surface area contributed by atoms with E-state index in [0.29, 0.717) is 18.1 Å². The molecule has 3 aromatic rings. The Bertz CT molecular complexity index is 742. The van der Waals surface area contributed by atoms with Crippen LogP contribution in [0.4, 0.5) is 11.5 Å². The summed E-state index contributed by atoms with van der Waals surface area (Å²) in [6.45, 7) is 2.56. The van der Waals surface area contributed by atoms with Crippen LogP contribution in [0, 0.1) is 0 Å². The monoisotopic (exact) mass is 289 g/mol.